The number of alkyl halides is 3. The van der Waals surface area contributed by atoms with E-state index in [1.165, 1.54) is 0 Å². The molecule has 2 atom stereocenters. The number of hydrogen-bond acceptors (Lipinski definition) is 2. The Hall–Kier alpha value is -0.780. The van der Waals surface area contributed by atoms with Crippen LogP contribution < -0.4 is 0 Å². The molecule has 1 fully saturated rings. The van der Waals surface area contributed by atoms with Crippen LogP contribution in [0.25, 0.3) is 0 Å². The second-order valence-electron chi connectivity index (χ2n) is 3.99. The van der Waals surface area contributed by atoms with E-state index >= 15 is 0 Å². The number of aliphatic carboxylic acids is 1. The summed E-state index contributed by atoms with van der Waals surface area (Å²) >= 11 is 0. The fraction of sp³-hybridized carbons (Fsp3) is 0.889. The van der Waals surface area contributed by atoms with Gasteiger partial charge in [0.05, 0.1) is 6.54 Å². The van der Waals surface area contributed by atoms with Gasteiger partial charge < -0.3 is 5.11 Å². The minimum atomic E-state index is -4.33. The molecule has 3 nitrogen and oxygen atoms in total. The van der Waals surface area contributed by atoms with Gasteiger partial charge in [-0.05, 0) is 25.3 Å². The first-order valence-corrected chi connectivity index (χ1v) is 4.85. The van der Waals surface area contributed by atoms with Gasteiger partial charge >= 0.3 is 12.1 Å². The molecule has 1 aliphatic rings. The molecule has 0 aliphatic carbocycles. The van der Waals surface area contributed by atoms with Crippen molar-refractivity contribution in [3.63, 3.8) is 0 Å². The molecule has 0 saturated carbocycles. The largest absolute Gasteiger partial charge is 0.480 e. The van der Waals surface area contributed by atoms with Gasteiger partial charge in [-0.25, -0.2) is 0 Å². The number of carboxylic acids is 1. The lowest BCUT2D eigenvalue weighted by Crippen LogP contribution is -2.52. The lowest BCUT2D eigenvalue weighted by atomic mass is 9.91. The molecule has 2 unspecified atom stereocenters. The summed E-state index contributed by atoms with van der Waals surface area (Å²) in [4.78, 5) is 11.9. The predicted octanol–water partition coefficient (Wildman–Crippen LogP) is 1.73. The maximum Gasteiger partial charge on any atom is 0.401 e. The molecule has 1 heterocycles. The Morgan fingerprint density at radius 3 is 2.60 bits per heavy atom. The normalized spacial score (nSPS) is 29.1. The van der Waals surface area contributed by atoms with Crippen LogP contribution in [0.15, 0.2) is 0 Å². The molecule has 0 aromatic rings. The summed E-state index contributed by atoms with van der Waals surface area (Å²) in [6.45, 7) is 0.760. The molecule has 0 aromatic carbocycles. The van der Waals surface area contributed by atoms with Crippen LogP contribution in [0.5, 0.6) is 0 Å². The third-order valence-electron chi connectivity index (χ3n) is 2.67. The SMILES string of the molecule is CC1CCCN(CC(F)(F)F)C1C(=O)O. The summed E-state index contributed by atoms with van der Waals surface area (Å²) in [7, 11) is 0. The van der Waals surface area contributed by atoms with Crippen molar-refractivity contribution in [3.8, 4) is 0 Å². The van der Waals surface area contributed by atoms with E-state index in [4.69, 9.17) is 5.11 Å². The number of carboxylic acid groups (broad SMARTS) is 1. The van der Waals surface area contributed by atoms with Gasteiger partial charge in [0.15, 0.2) is 0 Å². The van der Waals surface area contributed by atoms with Gasteiger partial charge in [0, 0.05) is 0 Å². The Bertz CT molecular complexity index is 242. The van der Waals surface area contributed by atoms with Gasteiger partial charge in [0.1, 0.15) is 6.04 Å². The molecule has 88 valence electrons. The van der Waals surface area contributed by atoms with Crippen LogP contribution in [0.2, 0.25) is 0 Å². The van der Waals surface area contributed by atoms with Crippen LogP contribution in [-0.2, 0) is 4.79 Å². The van der Waals surface area contributed by atoms with Crippen molar-refractivity contribution < 1.29 is 23.1 Å². The lowest BCUT2D eigenvalue weighted by molar-refractivity contribution is -0.167. The molecule has 6 heteroatoms. The highest BCUT2D eigenvalue weighted by Crippen LogP contribution is 2.27. The zero-order chi connectivity index (χ0) is 11.6. The van der Waals surface area contributed by atoms with Gasteiger partial charge in [0.2, 0.25) is 0 Å². The van der Waals surface area contributed by atoms with Gasteiger partial charge in [-0.3, -0.25) is 9.69 Å². The Labute approximate surface area is 85.9 Å². The number of piperidine rings is 1. The second kappa shape index (κ2) is 4.38. The maximum absolute atomic E-state index is 12.2. The van der Waals surface area contributed by atoms with Crippen molar-refractivity contribution in [2.45, 2.75) is 32.0 Å². The van der Waals surface area contributed by atoms with E-state index in [2.05, 4.69) is 0 Å². The Morgan fingerprint density at radius 1 is 1.53 bits per heavy atom. The fourth-order valence-corrected chi connectivity index (χ4v) is 2.08. The lowest BCUT2D eigenvalue weighted by Gasteiger charge is -2.37. The molecular weight excluding hydrogens is 211 g/mol. The highest BCUT2D eigenvalue weighted by Gasteiger charge is 2.40. The van der Waals surface area contributed by atoms with Crippen molar-refractivity contribution in [1.29, 1.82) is 0 Å². The van der Waals surface area contributed by atoms with Gasteiger partial charge in [-0.15, -0.1) is 0 Å². The van der Waals surface area contributed by atoms with E-state index in [1.54, 1.807) is 6.92 Å². The van der Waals surface area contributed by atoms with Crippen LogP contribution in [0, 0.1) is 5.92 Å². The summed E-state index contributed by atoms with van der Waals surface area (Å²) in [5, 5.41) is 8.87. The van der Waals surface area contributed by atoms with Gasteiger partial charge in [-0.2, -0.15) is 13.2 Å². The van der Waals surface area contributed by atoms with Crippen molar-refractivity contribution in [1.82, 2.24) is 4.90 Å². The highest BCUT2D eigenvalue weighted by molar-refractivity contribution is 5.74. The molecule has 1 N–H and O–H groups in total. The van der Waals surface area contributed by atoms with Crippen LogP contribution >= 0.6 is 0 Å². The molecule has 15 heavy (non-hydrogen) atoms. The highest BCUT2D eigenvalue weighted by atomic mass is 19.4. The van der Waals surface area contributed by atoms with Crippen molar-refractivity contribution in [2.24, 2.45) is 5.92 Å². The first kappa shape index (κ1) is 12.3. The minimum Gasteiger partial charge on any atom is -0.480 e. The average Bonchev–Trinajstić information content (AvgIpc) is 1.99. The molecule has 1 rings (SSSR count). The zero-order valence-electron chi connectivity index (χ0n) is 8.42. The van der Waals surface area contributed by atoms with Crippen molar-refractivity contribution in [2.75, 3.05) is 13.1 Å². The van der Waals surface area contributed by atoms with Gasteiger partial charge in [0.25, 0.3) is 0 Å². The molecule has 0 aromatic heterocycles. The third kappa shape index (κ3) is 3.37. The third-order valence-corrected chi connectivity index (χ3v) is 2.67. The standard InChI is InChI=1S/C9H14F3NO2/c1-6-3-2-4-13(5-9(10,11)12)7(6)8(14)15/h6-7H,2-5H2,1H3,(H,14,15). The average molecular weight is 225 g/mol. The van der Waals surface area contributed by atoms with Crippen LogP contribution in [0.4, 0.5) is 13.2 Å². The maximum atomic E-state index is 12.2. The number of likely N-dealkylation sites (tertiary alicyclic amines) is 1. The number of rotatable bonds is 2. The second-order valence-corrected chi connectivity index (χ2v) is 3.99. The van der Waals surface area contributed by atoms with E-state index in [0.717, 1.165) is 4.90 Å². The Kier molecular flexibility index (Phi) is 3.59. The molecule has 0 radical (unpaired) electrons. The molecule has 1 saturated heterocycles. The van der Waals surface area contributed by atoms with E-state index in [9.17, 15) is 18.0 Å². The quantitative estimate of drug-likeness (QED) is 0.778. The van der Waals surface area contributed by atoms with Crippen molar-refractivity contribution in [3.05, 3.63) is 0 Å². The molecule has 1 aliphatic heterocycles. The van der Waals surface area contributed by atoms with Crippen LogP contribution in [0.3, 0.4) is 0 Å². The number of halogens is 3. The van der Waals surface area contributed by atoms with Gasteiger partial charge in [-0.1, -0.05) is 6.92 Å². The molecule has 0 amide bonds. The van der Waals surface area contributed by atoms with Crippen LogP contribution in [0.1, 0.15) is 19.8 Å². The van der Waals surface area contributed by atoms with E-state index in [0.29, 0.717) is 12.8 Å². The number of carbonyl (C=O) groups is 1. The number of nitrogens with zero attached hydrogens (tertiary/aromatic N) is 1. The summed E-state index contributed by atoms with van der Waals surface area (Å²) in [5.41, 5.74) is 0. The molecule has 0 bridgehead atoms. The monoisotopic (exact) mass is 225 g/mol. The minimum absolute atomic E-state index is 0.209. The first-order chi connectivity index (χ1) is 6.81. The van der Waals surface area contributed by atoms with E-state index in [-0.39, 0.29) is 12.5 Å². The van der Waals surface area contributed by atoms with Crippen molar-refractivity contribution >= 4 is 5.97 Å². The summed E-state index contributed by atoms with van der Waals surface area (Å²) in [6, 6.07) is -1.000. The van der Waals surface area contributed by atoms with E-state index in [1.807, 2.05) is 0 Å². The summed E-state index contributed by atoms with van der Waals surface area (Å²) < 4.78 is 36.5. The first-order valence-electron chi connectivity index (χ1n) is 4.85. The summed E-state index contributed by atoms with van der Waals surface area (Å²) in [6.07, 6.45) is -3.03. The molecule has 0 spiro atoms. The zero-order valence-corrected chi connectivity index (χ0v) is 8.42. The Morgan fingerprint density at radius 2 is 2.13 bits per heavy atom. The Balaban J connectivity index is 2.71. The van der Waals surface area contributed by atoms with E-state index < -0.39 is 24.7 Å². The smallest absolute Gasteiger partial charge is 0.401 e. The fourth-order valence-electron chi connectivity index (χ4n) is 2.08. The predicted molar refractivity (Wildman–Crippen MR) is 47.4 cm³/mol. The number of hydrogen-bond donors (Lipinski definition) is 1. The topological polar surface area (TPSA) is 40.5 Å². The summed E-state index contributed by atoms with van der Waals surface area (Å²) in [5.74, 6) is -1.38. The molecular formula is C9H14F3NO2. The van der Waals surface area contributed by atoms with Crippen LogP contribution in [-0.4, -0.2) is 41.3 Å².